The molecule has 0 spiro atoms. The Balaban J connectivity index is 1.74. The van der Waals surface area contributed by atoms with Crippen molar-refractivity contribution in [1.82, 2.24) is 0 Å². The molecule has 2 aromatic rings. The van der Waals surface area contributed by atoms with Crippen molar-refractivity contribution in [3.8, 4) is 0 Å². The maximum atomic E-state index is 13.9. The molecule has 0 unspecified atom stereocenters. The summed E-state index contributed by atoms with van der Waals surface area (Å²) in [6.07, 6.45) is -3.65. The molecule has 1 heterocycles. The van der Waals surface area contributed by atoms with Gasteiger partial charge in [0.25, 0.3) is 0 Å². The van der Waals surface area contributed by atoms with Gasteiger partial charge in [0.1, 0.15) is 4.83 Å². The lowest BCUT2D eigenvalue weighted by atomic mass is 10.1. The smallest absolute Gasteiger partial charge is 0.338 e. The molecule has 0 bridgehead atoms. The van der Waals surface area contributed by atoms with Gasteiger partial charge in [0.15, 0.2) is 12.2 Å². The van der Waals surface area contributed by atoms with Crippen LogP contribution in [0.15, 0.2) is 60.7 Å². The predicted octanol–water partition coefficient (Wildman–Crippen LogP) is 3.53. The molecule has 0 aliphatic carbocycles. The molecular formula is C19H16BrFO5. The molecule has 0 saturated carbocycles. The van der Waals surface area contributed by atoms with Crippen LogP contribution in [-0.4, -0.2) is 41.9 Å². The van der Waals surface area contributed by atoms with E-state index < -0.39 is 35.3 Å². The first-order chi connectivity index (χ1) is 12.6. The van der Waals surface area contributed by atoms with Crippen LogP contribution in [0.25, 0.3) is 0 Å². The number of hydrogen-bond donors (Lipinski definition) is 0. The highest BCUT2D eigenvalue weighted by Gasteiger charge is 2.44. The number of carbonyl (C=O) groups excluding carboxylic acids is 2. The topological polar surface area (TPSA) is 61.8 Å². The number of ether oxygens (including phenoxy) is 3. The van der Waals surface area contributed by atoms with Gasteiger partial charge in [-0.3, -0.25) is 0 Å². The van der Waals surface area contributed by atoms with Gasteiger partial charge < -0.3 is 14.2 Å². The van der Waals surface area contributed by atoms with Crippen LogP contribution in [0.3, 0.4) is 0 Å². The molecule has 1 fully saturated rings. The Kier molecular flexibility index (Phi) is 6.00. The fraction of sp³-hybridized carbons (Fsp3) is 0.263. The van der Waals surface area contributed by atoms with Gasteiger partial charge in [-0.2, -0.15) is 0 Å². The maximum absolute atomic E-state index is 13.9. The van der Waals surface area contributed by atoms with Gasteiger partial charge in [0.2, 0.25) is 6.36 Å². The van der Waals surface area contributed by atoms with E-state index in [1.54, 1.807) is 60.7 Å². The molecule has 1 aliphatic heterocycles. The van der Waals surface area contributed by atoms with Crippen molar-refractivity contribution in [2.24, 2.45) is 0 Å². The largest absolute Gasteiger partial charge is 0.453 e. The monoisotopic (exact) mass is 422 g/mol. The van der Waals surface area contributed by atoms with E-state index >= 15 is 0 Å². The highest BCUT2D eigenvalue weighted by molar-refractivity contribution is 9.09. The van der Waals surface area contributed by atoms with Crippen LogP contribution in [0.5, 0.6) is 0 Å². The third-order valence-electron chi connectivity index (χ3n) is 3.87. The van der Waals surface area contributed by atoms with E-state index in [0.717, 1.165) is 0 Å². The van der Waals surface area contributed by atoms with Gasteiger partial charge in [-0.1, -0.05) is 52.3 Å². The third-order valence-corrected chi connectivity index (χ3v) is 4.81. The zero-order valence-electron chi connectivity index (χ0n) is 13.6. The Morgan fingerprint density at radius 1 is 0.923 bits per heavy atom. The Bertz CT molecular complexity index is 755. The third kappa shape index (κ3) is 4.28. The second kappa shape index (κ2) is 8.42. The van der Waals surface area contributed by atoms with E-state index in [2.05, 4.69) is 15.9 Å². The van der Waals surface area contributed by atoms with Crippen LogP contribution in [0, 0.1) is 0 Å². The molecule has 0 radical (unpaired) electrons. The lowest BCUT2D eigenvalue weighted by molar-refractivity contribution is -0.159. The summed E-state index contributed by atoms with van der Waals surface area (Å²) in [5.41, 5.74) is 0.663. The maximum Gasteiger partial charge on any atom is 0.338 e. The summed E-state index contributed by atoms with van der Waals surface area (Å²) in [6.45, 7) is -0.214. The molecule has 0 amide bonds. The molecule has 5 nitrogen and oxygen atoms in total. The van der Waals surface area contributed by atoms with Gasteiger partial charge in [-0.25, -0.2) is 14.0 Å². The van der Waals surface area contributed by atoms with Crippen LogP contribution in [-0.2, 0) is 14.2 Å². The first kappa shape index (κ1) is 18.5. The zero-order chi connectivity index (χ0) is 18.5. The summed E-state index contributed by atoms with van der Waals surface area (Å²) in [4.78, 5) is 23.6. The van der Waals surface area contributed by atoms with Crippen molar-refractivity contribution < 1.29 is 28.2 Å². The van der Waals surface area contributed by atoms with Gasteiger partial charge in [-0.05, 0) is 24.3 Å². The number of halogens is 2. The van der Waals surface area contributed by atoms with Crippen LogP contribution in [0.2, 0.25) is 0 Å². The first-order valence-electron chi connectivity index (χ1n) is 7.98. The molecule has 0 aromatic heterocycles. The highest BCUT2D eigenvalue weighted by Crippen LogP contribution is 2.28. The number of alkyl halides is 2. The minimum Gasteiger partial charge on any atom is -0.453 e. The average molecular weight is 423 g/mol. The van der Waals surface area contributed by atoms with Crippen LogP contribution in [0.1, 0.15) is 20.7 Å². The highest BCUT2D eigenvalue weighted by atomic mass is 79.9. The van der Waals surface area contributed by atoms with E-state index in [4.69, 9.17) is 14.2 Å². The van der Waals surface area contributed by atoms with Crippen molar-refractivity contribution >= 4 is 27.9 Å². The summed E-state index contributed by atoms with van der Waals surface area (Å²) in [5, 5.41) is 0. The number of hydrogen-bond acceptors (Lipinski definition) is 5. The average Bonchev–Trinajstić information content (AvgIpc) is 2.68. The summed E-state index contributed by atoms with van der Waals surface area (Å²) >= 11 is 3.14. The molecule has 3 rings (SSSR count). The molecule has 26 heavy (non-hydrogen) atoms. The van der Waals surface area contributed by atoms with E-state index in [0.29, 0.717) is 11.1 Å². The molecule has 2 aromatic carbocycles. The van der Waals surface area contributed by atoms with Crippen molar-refractivity contribution in [3.63, 3.8) is 0 Å². The molecule has 0 N–H and O–H groups in total. The summed E-state index contributed by atoms with van der Waals surface area (Å²) in [6, 6.07) is 16.7. The molecule has 1 saturated heterocycles. The minimum atomic E-state index is -1.68. The number of esters is 2. The molecule has 4 atom stereocenters. The van der Waals surface area contributed by atoms with Gasteiger partial charge >= 0.3 is 11.9 Å². The zero-order valence-corrected chi connectivity index (χ0v) is 15.2. The Morgan fingerprint density at radius 3 is 1.96 bits per heavy atom. The normalized spacial score (nSPS) is 25.3. The van der Waals surface area contributed by atoms with E-state index in [-0.39, 0.29) is 6.61 Å². The van der Waals surface area contributed by atoms with Crippen LogP contribution in [0.4, 0.5) is 4.39 Å². The second-order valence-corrected chi connectivity index (χ2v) is 6.73. The van der Waals surface area contributed by atoms with E-state index in [1.165, 1.54) is 0 Å². The van der Waals surface area contributed by atoms with Crippen molar-refractivity contribution in [2.75, 3.05) is 6.61 Å². The minimum absolute atomic E-state index is 0.214. The number of carbonyl (C=O) groups is 2. The molecule has 1 aliphatic rings. The van der Waals surface area contributed by atoms with Crippen LogP contribution >= 0.6 is 15.9 Å². The fourth-order valence-electron chi connectivity index (χ4n) is 2.52. The standard InChI is InChI=1S/C19H16BrFO5/c20-15-16(26-19(23)13-9-5-2-6-10-13)14(11-24-17(15)21)25-18(22)12-7-3-1-4-8-12/h1-10,14-17H,11H2/t14-,15-,16-,17-/m0/s1. The second-order valence-electron chi connectivity index (χ2n) is 5.67. The predicted molar refractivity (Wildman–Crippen MR) is 94.9 cm³/mol. The summed E-state index contributed by atoms with van der Waals surface area (Å²) < 4.78 is 29.7. The van der Waals surface area contributed by atoms with E-state index in [1.807, 2.05) is 0 Å². The number of benzene rings is 2. The molecule has 136 valence electrons. The lowest BCUT2D eigenvalue weighted by Crippen LogP contribution is -2.52. The van der Waals surface area contributed by atoms with Crippen molar-refractivity contribution in [2.45, 2.75) is 23.4 Å². The fourth-order valence-corrected chi connectivity index (χ4v) is 3.12. The van der Waals surface area contributed by atoms with Gasteiger partial charge in [-0.15, -0.1) is 0 Å². The number of rotatable bonds is 4. The SMILES string of the molecule is O=C(O[C@@H]1[C@H](Br)[C@@H](F)OC[C@@H]1OC(=O)c1ccccc1)c1ccccc1. The summed E-state index contributed by atoms with van der Waals surface area (Å²) in [5.74, 6) is -1.23. The van der Waals surface area contributed by atoms with Crippen molar-refractivity contribution in [1.29, 1.82) is 0 Å². The van der Waals surface area contributed by atoms with Crippen molar-refractivity contribution in [3.05, 3.63) is 71.8 Å². The first-order valence-corrected chi connectivity index (χ1v) is 8.89. The Morgan fingerprint density at radius 2 is 1.42 bits per heavy atom. The Labute approximate surface area is 158 Å². The summed E-state index contributed by atoms with van der Waals surface area (Å²) in [7, 11) is 0. The quantitative estimate of drug-likeness (QED) is 0.557. The molecular weight excluding hydrogens is 407 g/mol. The van der Waals surface area contributed by atoms with Gasteiger partial charge in [0, 0.05) is 0 Å². The van der Waals surface area contributed by atoms with E-state index in [9.17, 15) is 14.0 Å². The molecule has 7 heteroatoms. The Hall–Kier alpha value is -2.25. The lowest BCUT2D eigenvalue weighted by Gasteiger charge is -2.36. The van der Waals surface area contributed by atoms with Crippen LogP contribution < -0.4 is 0 Å². The van der Waals surface area contributed by atoms with Gasteiger partial charge in [0.05, 0.1) is 17.7 Å².